The molecule has 2 heterocycles. The fraction of sp³-hybridized carbons (Fsp3) is 0.600. The quantitative estimate of drug-likeness (QED) is 0.637. The number of aryl methyl sites for hydroxylation is 1. The Kier molecular flexibility index (Phi) is 5.89. The number of benzene rings is 1. The SMILES string of the molecule is CCCn1c(COC(=O)C2CCC2)nc2cc(S(=O)(=O)N3CCOCC3)ccc21. The Morgan fingerprint density at radius 3 is 2.69 bits per heavy atom. The summed E-state index contributed by atoms with van der Waals surface area (Å²) in [5.74, 6) is 0.502. The van der Waals surface area contributed by atoms with Crippen molar-refractivity contribution < 1.29 is 22.7 Å². The molecule has 1 aromatic carbocycles. The number of carbonyl (C=O) groups excluding carboxylic acids is 1. The first-order valence-corrected chi connectivity index (χ1v) is 11.7. The summed E-state index contributed by atoms with van der Waals surface area (Å²) in [5, 5.41) is 0. The lowest BCUT2D eigenvalue weighted by Crippen LogP contribution is -2.40. The van der Waals surface area contributed by atoms with E-state index in [-0.39, 0.29) is 23.4 Å². The van der Waals surface area contributed by atoms with Gasteiger partial charge in [-0.25, -0.2) is 13.4 Å². The van der Waals surface area contributed by atoms with Gasteiger partial charge in [-0.3, -0.25) is 4.79 Å². The number of hydrogen-bond donors (Lipinski definition) is 0. The molecule has 8 nitrogen and oxygen atoms in total. The predicted octanol–water partition coefficient (Wildman–Crippen LogP) is 2.31. The lowest BCUT2D eigenvalue weighted by Gasteiger charge is -2.26. The highest BCUT2D eigenvalue weighted by atomic mass is 32.2. The van der Waals surface area contributed by atoms with Crippen LogP contribution in [0.3, 0.4) is 0 Å². The third-order valence-corrected chi connectivity index (χ3v) is 7.53. The molecule has 4 rings (SSSR count). The lowest BCUT2D eigenvalue weighted by molar-refractivity contribution is -0.153. The van der Waals surface area contributed by atoms with Crippen LogP contribution in [-0.2, 0) is 37.4 Å². The van der Waals surface area contributed by atoms with Crippen LogP contribution in [0.1, 0.15) is 38.4 Å². The number of imidazole rings is 1. The van der Waals surface area contributed by atoms with Crippen molar-refractivity contribution in [2.45, 2.75) is 50.7 Å². The van der Waals surface area contributed by atoms with E-state index in [0.29, 0.717) is 37.6 Å². The summed E-state index contributed by atoms with van der Waals surface area (Å²) in [6, 6.07) is 5.04. The van der Waals surface area contributed by atoms with E-state index < -0.39 is 10.0 Å². The van der Waals surface area contributed by atoms with Gasteiger partial charge < -0.3 is 14.0 Å². The van der Waals surface area contributed by atoms with Crippen LogP contribution >= 0.6 is 0 Å². The topological polar surface area (TPSA) is 90.7 Å². The van der Waals surface area contributed by atoms with Crippen LogP contribution in [-0.4, -0.2) is 54.5 Å². The van der Waals surface area contributed by atoms with Crippen molar-refractivity contribution in [1.29, 1.82) is 0 Å². The van der Waals surface area contributed by atoms with Crippen molar-refractivity contribution in [3.8, 4) is 0 Å². The van der Waals surface area contributed by atoms with E-state index in [1.165, 1.54) is 4.31 Å². The van der Waals surface area contributed by atoms with Gasteiger partial charge in [0.15, 0.2) is 0 Å². The number of sulfonamides is 1. The summed E-state index contributed by atoms with van der Waals surface area (Å²) in [6.45, 7) is 4.41. The van der Waals surface area contributed by atoms with Crippen LogP contribution in [0.5, 0.6) is 0 Å². The minimum absolute atomic E-state index is 0.0178. The Labute approximate surface area is 170 Å². The average Bonchev–Trinajstić information content (AvgIpc) is 3.03. The smallest absolute Gasteiger partial charge is 0.309 e. The third-order valence-electron chi connectivity index (χ3n) is 5.64. The van der Waals surface area contributed by atoms with Gasteiger partial charge in [0.25, 0.3) is 0 Å². The second-order valence-corrected chi connectivity index (χ2v) is 9.52. The zero-order chi connectivity index (χ0) is 20.4. The molecule has 0 unspecified atom stereocenters. The first-order chi connectivity index (χ1) is 14.0. The molecular weight excluding hydrogens is 394 g/mol. The van der Waals surface area contributed by atoms with E-state index in [4.69, 9.17) is 9.47 Å². The number of nitrogens with zero attached hydrogens (tertiary/aromatic N) is 3. The van der Waals surface area contributed by atoms with Crippen LogP contribution in [0, 0.1) is 5.92 Å². The average molecular weight is 422 g/mol. The first-order valence-electron chi connectivity index (χ1n) is 10.2. The molecule has 0 atom stereocenters. The van der Waals surface area contributed by atoms with Crippen molar-refractivity contribution >= 4 is 27.0 Å². The van der Waals surface area contributed by atoms with E-state index in [9.17, 15) is 13.2 Å². The number of esters is 1. The molecule has 0 spiro atoms. The van der Waals surface area contributed by atoms with Gasteiger partial charge in [0.05, 0.1) is 35.1 Å². The normalized spacial score (nSPS) is 18.7. The van der Waals surface area contributed by atoms with E-state index in [0.717, 1.165) is 37.7 Å². The maximum absolute atomic E-state index is 12.9. The minimum Gasteiger partial charge on any atom is -0.457 e. The van der Waals surface area contributed by atoms with Crippen LogP contribution in [0.25, 0.3) is 11.0 Å². The van der Waals surface area contributed by atoms with Crippen molar-refractivity contribution in [3.05, 3.63) is 24.0 Å². The van der Waals surface area contributed by atoms with Gasteiger partial charge in [-0.05, 0) is 37.5 Å². The van der Waals surface area contributed by atoms with Gasteiger partial charge in [0.2, 0.25) is 10.0 Å². The molecule has 1 aliphatic heterocycles. The number of carbonyl (C=O) groups is 1. The van der Waals surface area contributed by atoms with E-state index in [1.54, 1.807) is 18.2 Å². The first kappa shape index (κ1) is 20.3. The fourth-order valence-corrected chi connectivity index (χ4v) is 5.17. The Morgan fingerprint density at radius 2 is 2.03 bits per heavy atom. The summed E-state index contributed by atoms with van der Waals surface area (Å²) in [5.41, 5.74) is 1.45. The number of ether oxygens (including phenoxy) is 2. The Balaban J connectivity index is 1.61. The highest BCUT2D eigenvalue weighted by Gasteiger charge is 2.28. The number of fused-ring (bicyclic) bond motifs is 1. The van der Waals surface area contributed by atoms with Gasteiger partial charge in [0, 0.05) is 19.6 Å². The number of hydrogen-bond acceptors (Lipinski definition) is 6. The predicted molar refractivity (Wildman–Crippen MR) is 107 cm³/mol. The van der Waals surface area contributed by atoms with Crippen molar-refractivity contribution in [2.75, 3.05) is 26.3 Å². The van der Waals surface area contributed by atoms with Crippen LogP contribution in [0.4, 0.5) is 0 Å². The number of aromatic nitrogens is 2. The van der Waals surface area contributed by atoms with Gasteiger partial charge in [0.1, 0.15) is 12.4 Å². The summed E-state index contributed by atoms with van der Waals surface area (Å²) in [7, 11) is -3.58. The molecule has 1 saturated carbocycles. The maximum Gasteiger partial charge on any atom is 0.309 e. The van der Waals surface area contributed by atoms with Crippen LogP contribution in [0.15, 0.2) is 23.1 Å². The van der Waals surface area contributed by atoms with E-state index in [2.05, 4.69) is 11.9 Å². The molecule has 158 valence electrons. The van der Waals surface area contributed by atoms with Gasteiger partial charge >= 0.3 is 5.97 Å². The summed E-state index contributed by atoms with van der Waals surface area (Å²) >= 11 is 0. The molecule has 2 aromatic rings. The summed E-state index contributed by atoms with van der Waals surface area (Å²) in [4.78, 5) is 16.9. The summed E-state index contributed by atoms with van der Waals surface area (Å²) in [6.07, 6.45) is 3.76. The molecule has 9 heteroatoms. The monoisotopic (exact) mass is 421 g/mol. The second-order valence-electron chi connectivity index (χ2n) is 7.58. The van der Waals surface area contributed by atoms with E-state index >= 15 is 0 Å². The number of rotatable bonds is 7. The third kappa shape index (κ3) is 4.04. The minimum atomic E-state index is -3.58. The molecule has 1 aromatic heterocycles. The number of morpholine rings is 1. The zero-order valence-corrected chi connectivity index (χ0v) is 17.5. The van der Waals surface area contributed by atoms with Crippen LogP contribution in [0.2, 0.25) is 0 Å². The molecule has 1 aliphatic carbocycles. The van der Waals surface area contributed by atoms with Crippen LogP contribution < -0.4 is 0 Å². The summed E-state index contributed by atoms with van der Waals surface area (Å²) < 4.78 is 40.1. The van der Waals surface area contributed by atoms with Crippen molar-refractivity contribution in [1.82, 2.24) is 13.9 Å². The Morgan fingerprint density at radius 1 is 1.28 bits per heavy atom. The van der Waals surface area contributed by atoms with E-state index in [1.807, 2.05) is 4.57 Å². The molecular formula is C20H27N3O5S. The lowest BCUT2D eigenvalue weighted by atomic mass is 9.86. The molecule has 0 radical (unpaired) electrons. The molecule has 0 amide bonds. The van der Waals surface area contributed by atoms with Gasteiger partial charge in [-0.2, -0.15) is 4.31 Å². The largest absolute Gasteiger partial charge is 0.457 e. The zero-order valence-electron chi connectivity index (χ0n) is 16.7. The molecule has 2 fully saturated rings. The fourth-order valence-electron chi connectivity index (χ4n) is 3.74. The maximum atomic E-state index is 12.9. The standard InChI is InChI=1S/C20H27N3O5S/c1-2-8-23-18-7-6-16(29(25,26)22-9-11-27-12-10-22)13-17(18)21-19(23)14-28-20(24)15-4-3-5-15/h6-7,13,15H,2-5,8-12,14H2,1H3. The van der Waals surface area contributed by atoms with Crippen molar-refractivity contribution in [2.24, 2.45) is 5.92 Å². The molecule has 1 saturated heterocycles. The van der Waals surface area contributed by atoms with Gasteiger partial charge in [-0.1, -0.05) is 13.3 Å². The molecule has 2 aliphatic rings. The Bertz CT molecular complexity index is 991. The molecule has 0 bridgehead atoms. The highest BCUT2D eigenvalue weighted by Crippen LogP contribution is 2.28. The van der Waals surface area contributed by atoms with Crippen molar-refractivity contribution in [3.63, 3.8) is 0 Å². The highest BCUT2D eigenvalue weighted by molar-refractivity contribution is 7.89. The Hall–Kier alpha value is -1.97. The van der Waals surface area contributed by atoms with Gasteiger partial charge in [-0.15, -0.1) is 0 Å². The second kappa shape index (κ2) is 8.41. The molecule has 29 heavy (non-hydrogen) atoms. The molecule has 0 N–H and O–H groups in total.